The first-order valence-electron chi connectivity index (χ1n) is 7.35. The molecule has 1 saturated heterocycles. The van der Waals surface area contributed by atoms with Gasteiger partial charge in [-0.25, -0.2) is 0 Å². The summed E-state index contributed by atoms with van der Waals surface area (Å²) in [6.45, 7) is 0. The fraction of sp³-hybridized carbons (Fsp3) is 0.118. The van der Waals surface area contributed by atoms with Crippen LogP contribution >= 0.6 is 23.4 Å². The first-order valence-corrected chi connectivity index (χ1v) is 8.71. The fourth-order valence-corrected chi connectivity index (χ4v) is 3.24. The van der Waals surface area contributed by atoms with Gasteiger partial charge in [-0.1, -0.05) is 53.7 Å². The average Bonchev–Trinajstić information content (AvgIpc) is 2.96. The Morgan fingerprint density at radius 2 is 1.88 bits per heavy atom. The number of thioether (sulfide) groups is 1. The number of benzene rings is 2. The lowest BCUT2D eigenvalue weighted by Crippen LogP contribution is -2.29. The third-order valence-electron chi connectivity index (χ3n) is 3.43. The van der Waals surface area contributed by atoms with Gasteiger partial charge in [-0.05, 0) is 23.8 Å². The summed E-state index contributed by atoms with van der Waals surface area (Å²) in [5, 5.41) is 8.08. The number of anilines is 1. The van der Waals surface area contributed by atoms with Crippen LogP contribution in [0.5, 0.6) is 0 Å². The van der Waals surface area contributed by atoms with Crippen molar-refractivity contribution in [3.63, 3.8) is 0 Å². The second kappa shape index (κ2) is 7.51. The van der Waals surface area contributed by atoms with E-state index in [0.29, 0.717) is 0 Å². The molecular weight excluding hydrogens is 387 g/mol. The minimum absolute atomic E-state index is 0.0218. The van der Waals surface area contributed by atoms with Crippen molar-refractivity contribution in [2.75, 3.05) is 10.7 Å². The number of nitrogens with zero attached hydrogens (tertiary/aromatic N) is 3. The summed E-state index contributed by atoms with van der Waals surface area (Å²) in [6, 6.07) is 12.0. The van der Waals surface area contributed by atoms with E-state index in [1.807, 2.05) is 30.3 Å². The van der Waals surface area contributed by atoms with Crippen molar-refractivity contribution in [3.05, 3.63) is 64.7 Å². The van der Waals surface area contributed by atoms with E-state index in [9.17, 15) is 18.0 Å². The van der Waals surface area contributed by atoms with Gasteiger partial charge in [0.05, 0.1) is 28.2 Å². The van der Waals surface area contributed by atoms with Crippen LogP contribution in [0, 0.1) is 0 Å². The zero-order chi connectivity index (χ0) is 18.7. The van der Waals surface area contributed by atoms with Crippen LogP contribution < -0.4 is 4.90 Å². The van der Waals surface area contributed by atoms with E-state index in [4.69, 9.17) is 11.6 Å². The second-order valence-electron chi connectivity index (χ2n) is 5.22. The number of halogens is 4. The summed E-state index contributed by atoms with van der Waals surface area (Å²) in [6.07, 6.45) is -3.06. The van der Waals surface area contributed by atoms with Gasteiger partial charge in [-0.2, -0.15) is 18.3 Å². The molecule has 0 spiro atoms. The van der Waals surface area contributed by atoms with Crippen molar-refractivity contribution in [1.82, 2.24) is 0 Å². The van der Waals surface area contributed by atoms with Crippen LogP contribution in [0.2, 0.25) is 5.02 Å². The van der Waals surface area contributed by atoms with Crippen molar-refractivity contribution in [2.45, 2.75) is 6.18 Å². The Morgan fingerprint density at radius 3 is 2.58 bits per heavy atom. The lowest BCUT2D eigenvalue weighted by molar-refractivity contribution is -0.137. The largest absolute Gasteiger partial charge is 0.416 e. The molecule has 1 aliphatic rings. The molecule has 0 radical (unpaired) electrons. The molecule has 0 N–H and O–H groups in total. The van der Waals surface area contributed by atoms with Crippen molar-refractivity contribution in [2.24, 2.45) is 10.2 Å². The normalized spacial score (nSPS) is 16.8. The van der Waals surface area contributed by atoms with Crippen LogP contribution in [0.3, 0.4) is 0 Å². The second-order valence-corrected chi connectivity index (χ2v) is 6.57. The Bertz CT molecular complexity index is 885. The highest BCUT2D eigenvalue weighted by Gasteiger charge is 2.35. The summed E-state index contributed by atoms with van der Waals surface area (Å²) in [7, 11) is 0. The van der Waals surface area contributed by atoms with E-state index in [1.54, 1.807) is 0 Å². The summed E-state index contributed by atoms with van der Waals surface area (Å²) < 4.78 is 38.9. The van der Waals surface area contributed by atoms with Crippen LogP contribution in [0.1, 0.15) is 11.1 Å². The molecule has 2 aromatic rings. The summed E-state index contributed by atoms with van der Waals surface area (Å²) in [5.74, 6) is -0.364. The number of rotatable bonds is 3. The smallest absolute Gasteiger partial charge is 0.273 e. The van der Waals surface area contributed by atoms with E-state index in [1.165, 1.54) is 6.21 Å². The van der Waals surface area contributed by atoms with Crippen molar-refractivity contribution in [1.29, 1.82) is 0 Å². The fourth-order valence-electron chi connectivity index (χ4n) is 2.22. The van der Waals surface area contributed by atoms with E-state index >= 15 is 0 Å². The molecule has 1 heterocycles. The molecule has 0 unspecified atom stereocenters. The molecule has 0 aliphatic carbocycles. The number of carbonyl (C=O) groups is 1. The molecule has 134 valence electrons. The number of alkyl halides is 3. The molecule has 1 aliphatic heterocycles. The molecule has 9 heteroatoms. The average molecular weight is 398 g/mol. The molecule has 3 rings (SSSR count). The van der Waals surface area contributed by atoms with Gasteiger partial charge in [-0.3, -0.25) is 9.69 Å². The van der Waals surface area contributed by atoms with Gasteiger partial charge in [0.1, 0.15) is 0 Å². The first kappa shape index (κ1) is 18.5. The molecule has 4 nitrogen and oxygen atoms in total. The van der Waals surface area contributed by atoms with Crippen LogP contribution in [-0.2, 0) is 11.0 Å². The predicted molar refractivity (Wildman–Crippen MR) is 97.9 cm³/mol. The highest BCUT2D eigenvalue weighted by Crippen LogP contribution is 2.38. The van der Waals surface area contributed by atoms with Crippen LogP contribution in [0.25, 0.3) is 0 Å². The van der Waals surface area contributed by atoms with E-state index in [-0.39, 0.29) is 21.6 Å². The van der Waals surface area contributed by atoms with Gasteiger partial charge in [0, 0.05) is 0 Å². The quantitative estimate of drug-likeness (QED) is 0.550. The molecule has 26 heavy (non-hydrogen) atoms. The molecule has 1 fully saturated rings. The maximum Gasteiger partial charge on any atom is 0.416 e. The van der Waals surface area contributed by atoms with Crippen LogP contribution in [0.15, 0.2) is 58.7 Å². The Hall–Kier alpha value is -2.32. The highest BCUT2D eigenvalue weighted by molar-refractivity contribution is 8.15. The molecule has 1 amide bonds. The molecular formula is C17H11ClF3N3OS. The maximum atomic E-state index is 13.0. The van der Waals surface area contributed by atoms with Crippen LogP contribution in [0.4, 0.5) is 18.9 Å². The van der Waals surface area contributed by atoms with Gasteiger partial charge in [0.2, 0.25) is 5.91 Å². The zero-order valence-electron chi connectivity index (χ0n) is 13.1. The lowest BCUT2D eigenvalue weighted by Gasteiger charge is -2.18. The van der Waals surface area contributed by atoms with E-state index < -0.39 is 17.6 Å². The van der Waals surface area contributed by atoms with Gasteiger partial charge >= 0.3 is 6.18 Å². The molecule has 0 atom stereocenters. The van der Waals surface area contributed by atoms with Gasteiger partial charge in [-0.15, -0.1) is 5.10 Å². The molecule has 0 bridgehead atoms. The van der Waals surface area contributed by atoms with Gasteiger partial charge in [0.25, 0.3) is 0 Å². The molecule has 2 aromatic carbocycles. The zero-order valence-corrected chi connectivity index (χ0v) is 14.6. The highest BCUT2D eigenvalue weighted by atomic mass is 35.5. The monoisotopic (exact) mass is 397 g/mol. The first-order chi connectivity index (χ1) is 12.4. The predicted octanol–water partition coefficient (Wildman–Crippen LogP) is 4.83. The SMILES string of the molecule is O=C1CSC(=NN=Cc2ccccc2)N1c1cc(C(F)(F)F)ccc1Cl. The minimum Gasteiger partial charge on any atom is -0.273 e. The third kappa shape index (κ3) is 4.08. The van der Waals surface area contributed by atoms with Crippen molar-refractivity contribution >= 4 is 46.3 Å². The number of hydrogen-bond donors (Lipinski definition) is 0. The van der Waals surface area contributed by atoms with Gasteiger partial charge < -0.3 is 0 Å². The van der Waals surface area contributed by atoms with Crippen molar-refractivity contribution in [3.8, 4) is 0 Å². The third-order valence-corrected chi connectivity index (χ3v) is 4.66. The summed E-state index contributed by atoms with van der Waals surface area (Å²) in [5.41, 5.74) is -0.159. The number of hydrogen-bond acceptors (Lipinski definition) is 4. The Balaban J connectivity index is 1.93. The lowest BCUT2D eigenvalue weighted by atomic mass is 10.2. The number of amidine groups is 1. The molecule has 0 aromatic heterocycles. The van der Waals surface area contributed by atoms with E-state index in [0.717, 1.165) is 40.4 Å². The topological polar surface area (TPSA) is 45.0 Å². The Labute approximate surface area is 156 Å². The Morgan fingerprint density at radius 1 is 1.15 bits per heavy atom. The number of amides is 1. The van der Waals surface area contributed by atoms with E-state index in [2.05, 4.69) is 10.2 Å². The van der Waals surface area contributed by atoms with Crippen molar-refractivity contribution < 1.29 is 18.0 Å². The maximum absolute atomic E-state index is 13.0. The van der Waals surface area contributed by atoms with Crippen LogP contribution in [-0.4, -0.2) is 23.0 Å². The Kier molecular flexibility index (Phi) is 5.33. The summed E-state index contributed by atoms with van der Waals surface area (Å²) in [4.78, 5) is 13.2. The minimum atomic E-state index is -4.54. The summed E-state index contributed by atoms with van der Waals surface area (Å²) >= 11 is 7.11. The number of carbonyl (C=O) groups excluding carboxylic acids is 1. The molecule has 0 saturated carbocycles. The van der Waals surface area contributed by atoms with Gasteiger partial charge in [0.15, 0.2) is 5.17 Å². The standard InChI is InChI=1S/C17H11ClF3N3OS/c18-13-7-6-12(17(19,20)21)8-14(13)24-15(25)10-26-16(24)23-22-9-11-4-2-1-3-5-11/h1-9H,10H2.